The van der Waals surface area contributed by atoms with E-state index in [0.717, 1.165) is 6.54 Å². The van der Waals surface area contributed by atoms with Crippen molar-refractivity contribution in [1.29, 1.82) is 0 Å². The number of nitrogens with zero attached hydrogens (tertiary/aromatic N) is 1. The molecule has 0 unspecified atom stereocenters. The third kappa shape index (κ3) is 6.54. The molecule has 0 bridgehead atoms. The van der Waals surface area contributed by atoms with Crippen LogP contribution in [0.15, 0.2) is 60.7 Å². The van der Waals surface area contributed by atoms with Crippen molar-refractivity contribution < 1.29 is 9.53 Å². The van der Waals surface area contributed by atoms with E-state index in [2.05, 4.69) is 40.9 Å². The molecule has 0 saturated carbocycles. The summed E-state index contributed by atoms with van der Waals surface area (Å²) in [6.45, 7) is 10.1. The monoisotopic (exact) mass is 348 g/mol. The Bertz CT molecular complexity index is 830. The molecule has 0 aliphatic rings. The Kier molecular flexibility index (Phi) is 6.71. The van der Waals surface area contributed by atoms with Crippen molar-refractivity contribution >= 4 is 5.97 Å². The van der Waals surface area contributed by atoms with Crippen molar-refractivity contribution in [3.8, 4) is 11.8 Å². The van der Waals surface area contributed by atoms with Gasteiger partial charge >= 0.3 is 5.97 Å². The summed E-state index contributed by atoms with van der Waals surface area (Å²) >= 11 is 0. The van der Waals surface area contributed by atoms with Crippen molar-refractivity contribution in [3.63, 3.8) is 0 Å². The molecule has 26 heavy (non-hydrogen) atoms. The minimum atomic E-state index is -0.422. The maximum atomic E-state index is 11.5. The van der Waals surface area contributed by atoms with Gasteiger partial charge in [-0.1, -0.05) is 48.9 Å². The molecule has 1 N–H and O–H groups in total. The quantitative estimate of drug-likeness (QED) is 0.492. The molecule has 0 aliphatic carbocycles. The Morgan fingerprint density at radius 1 is 1.19 bits per heavy atom. The second-order valence-electron chi connectivity index (χ2n) is 6.58. The number of aromatic nitrogens is 1. The number of nitrogens with one attached hydrogen (secondary N) is 1. The summed E-state index contributed by atoms with van der Waals surface area (Å²) in [6, 6.07) is 15.7. The van der Waals surface area contributed by atoms with Crippen LogP contribution in [0.1, 0.15) is 37.7 Å². The number of carbonyl (C=O) groups is 1. The highest BCUT2D eigenvalue weighted by atomic mass is 16.5. The van der Waals surface area contributed by atoms with Gasteiger partial charge < -0.3 is 4.74 Å². The second-order valence-corrected chi connectivity index (χ2v) is 6.58. The van der Waals surface area contributed by atoms with Crippen LogP contribution in [0.3, 0.4) is 0 Å². The summed E-state index contributed by atoms with van der Waals surface area (Å²) in [5.74, 6) is 5.88. The molecular weight excluding hydrogens is 324 g/mol. The van der Waals surface area contributed by atoms with Gasteiger partial charge in [-0.2, -0.15) is 0 Å². The highest BCUT2D eigenvalue weighted by Crippen LogP contribution is 2.06. The molecule has 1 aromatic carbocycles. The smallest absolute Gasteiger partial charge is 0.333 e. The van der Waals surface area contributed by atoms with Crippen molar-refractivity contribution in [2.24, 2.45) is 0 Å². The number of rotatable bonds is 6. The third-order valence-electron chi connectivity index (χ3n) is 3.59. The maximum absolute atomic E-state index is 11.5. The van der Waals surface area contributed by atoms with Gasteiger partial charge in [-0.3, -0.25) is 5.32 Å². The molecule has 1 heterocycles. The molecule has 0 spiro atoms. The molecule has 0 aliphatic heterocycles. The van der Waals surface area contributed by atoms with E-state index in [1.807, 2.05) is 44.2 Å². The van der Waals surface area contributed by atoms with Crippen molar-refractivity contribution in [2.75, 3.05) is 0 Å². The van der Waals surface area contributed by atoms with E-state index in [1.165, 1.54) is 5.56 Å². The second kappa shape index (κ2) is 8.98. The summed E-state index contributed by atoms with van der Waals surface area (Å²) in [5, 5.41) is 3.43. The van der Waals surface area contributed by atoms with Gasteiger partial charge in [0.1, 0.15) is 12.3 Å². The van der Waals surface area contributed by atoms with E-state index in [-0.39, 0.29) is 12.1 Å². The fourth-order valence-corrected chi connectivity index (χ4v) is 2.08. The molecule has 0 fully saturated rings. The molecular formula is C22H24N2O2. The van der Waals surface area contributed by atoms with Crippen molar-refractivity contribution in [2.45, 2.75) is 39.5 Å². The highest BCUT2D eigenvalue weighted by Gasteiger charge is 2.13. The summed E-state index contributed by atoms with van der Waals surface area (Å²) < 4.78 is 5.12. The van der Waals surface area contributed by atoms with Crippen LogP contribution in [0, 0.1) is 11.8 Å². The van der Waals surface area contributed by atoms with Gasteiger partial charge in [0.25, 0.3) is 0 Å². The summed E-state index contributed by atoms with van der Waals surface area (Å²) in [5.41, 5.74) is 2.51. The minimum absolute atomic E-state index is 0.108. The lowest BCUT2D eigenvalue weighted by Gasteiger charge is -2.19. The first-order valence-electron chi connectivity index (χ1n) is 8.46. The molecule has 2 rings (SSSR count). The number of hydrogen-bond acceptors (Lipinski definition) is 4. The van der Waals surface area contributed by atoms with Crippen molar-refractivity contribution in [1.82, 2.24) is 10.3 Å². The molecule has 0 amide bonds. The number of ether oxygens (including phenoxy) is 1. The van der Waals surface area contributed by atoms with Gasteiger partial charge in [-0.05, 0) is 44.4 Å². The summed E-state index contributed by atoms with van der Waals surface area (Å²) in [7, 11) is 0. The molecule has 0 saturated heterocycles. The number of esters is 1. The van der Waals surface area contributed by atoms with Gasteiger partial charge in [0, 0.05) is 12.1 Å². The van der Waals surface area contributed by atoms with Gasteiger partial charge in [-0.15, -0.1) is 0 Å². The fourth-order valence-electron chi connectivity index (χ4n) is 2.08. The molecule has 4 nitrogen and oxygen atoms in total. The van der Waals surface area contributed by atoms with E-state index in [9.17, 15) is 4.79 Å². The van der Waals surface area contributed by atoms with E-state index >= 15 is 0 Å². The van der Waals surface area contributed by atoms with Gasteiger partial charge in [0.2, 0.25) is 0 Å². The maximum Gasteiger partial charge on any atom is 0.333 e. The van der Waals surface area contributed by atoms with Crippen LogP contribution in [0.25, 0.3) is 0 Å². The molecule has 1 aromatic heterocycles. The third-order valence-corrected chi connectivity index (χ3v) is 3.59. The van der Waals surface area contributed by atoms with Gasteiger partial charge in [0.15, 0.2) is 0 Å². The van der Waals surface area contributed by atoms with Crippen LogP contribution in [-0.2, 0) is 22.7 Å². The van der Waals surface area contributed by atoms with E-state index in [1.54, 1.807) is 13.0 Å². The Labute approximate surface area is 155 Å². The first-order chi connectivity index (χ1) is 12.4. The van der Waals surface area contributed by atoms with Gasteiger partial charge in [-0.25, -0.2) is 9.78 Å². The number of hydrogen-bond donors (Lipinski definition) is 1. The molecule has 0 radical (unpaired) electrons. The molecule has 0 atom stereocenters. The van der Waals surface area contributed by atoms with Crippen LogP contribution in [0.4, 0.5) is 0 Å². The van der Waals surface area contributed by atoms with Crippen LogP contribution in [0.2, 0.25) is 0 Å². The van der Waals surface area contributed by atoms with Crippen LogP contribution in [0.5, 0.6) is 0 Å². The Hall–Kier alpha value is -2.90. The predicted molar refractivity (Wildman–Crippen MR) is 103 cm³/mol. The SMILES string of the molecule is C=C(C)C(=O)OCc1cccc(C#CC(C)(C)NCc2ccccc2)n1. The van der Waals surface area contributed by atoms with Crippen LogP contribution < -0.4 is 5.32 Å². The average molecular weight is 348 g/mol. The van der Waals surface area contributed by atoms with E-state index in [0.29, 0.717) is 17.0 Å². The lowest BCUT2D eigenvalue weighted by molar-refractivity contribution is -0.140. The standard InChI is InChI=1S/C22H24N2O2/c1-17(2)21(25)26-16-20-12-8-11-19(24-20)13-14-22(3,4)23-15-18-9-6-5-7-10-18/h5-12,23H,1,15-16H2,2-4H3. The highest BCUT2D eigenvalue weighted by molar-refractivity contribution is 5.86. The van der Waals surface area contributed by atoms with Crippen LogP contribution in [-0.4, -0.2) is 16.5 Å². The predicted octanol–water partition coefficient (Wildman–Crippen LogP) is 3.62. The van der Waals surface area contributed by atoms with Crippen LogP contribution >= 0.6 is 0 Å². The lowest BCUT2D eigenvalue weighted by atomic mass is 10.1. The topological polar surface area (TPSA) is 51.2 Å². The number of carbonyl (C=O) groups excluding carboxylic acids is 1. The first-order valence-corrected chi connectivity index (χ1v) is 8.46. The zero-order chi connectivity index (χ0) is 19.0. The number of pyridine rings is 1. The Morgan fingerprint density at radius 3 is 2.62 bits per heavy atom. The Morgan fingerprint density at radius 2 is 1.92 bits per heavy atom. The molecule has 2 aromatic rings. The summed E-state index contributed by atoms with van der Waals surface area (Å²) in [6.07, 6.45) is 0. The Balaban J connectivity index is 1.98. The lowest BCUT2D eigenvalue weighted by Crippen LogP contribution is -2.37. The van der Waals surface area contributed by atoms with Crippen molar-refractivity contribution in [3.05, 3.63) is 77.6 Å². The zero-order valence-electron chi connectivity index (χ0n) is 15.5. The van der Waals surface area contributed by atoms with E-state index < -0.39 is 5.97 Å². The first kappa shape index (κ1) is 19.4. The molecule has 4 heteroatoms. The minimum Gasteiger partial charge on any atom is -0.456 e. The zero-order valence-corrected chi connectivity index (χ0v) is 15.5. The summed E-state index contributed by atoms with van der Waals surface area (Å²) in [4.78, 5) is 15.9. The van der Waals surface area contributed by atoms with Gasteiger partial charge in [0.05, 0.1) is 11.2 Å². The van der Waals surface area contributed by atoms with E-state index in [4.69, 9.17) is 4.74 Å². The molecule has 134 valence electrons. The number of benzene rings is 1. The fraction of sp³-hybridized carbons (Fsp3) is 0.273. The largest absolute Gasteiger partial charge is 0.456 e. The normalized spacial score (nSPS) is 10.6. The average Bonchev–Trinajstić information content (AvgIpc) is 2.64.